The summed E-state index contributed by atoms with van der Waals surface area (Å²) in [6, 6.07) is 1.60. The minimum atomic E-state index is -0.247. The lowest BCUT2D eigenvalue weighted by Gasteiger charge is -2.38. The molecule has 0 radical (unpaired) electrons. The molecule has 1 spiro atoms. The molecule has 2 aliphatic heterocycles. The van der Waals surface area contributed by atoms with Crippen LogP contribution in [0.5, 0.6) is 5.75 Å². The summed E-state index contributed by atoms with van der Waals surface area (Å²) >= 11 is 0. The Bertz CT molecular complexity index is 671. The molecule has 1 aromatic heterocycles. The van der Waals surface area contributed by atoms with Crippen LogP contribution >= 0.6 is 0 Å². The minimum Gasteiger partial charge on any atom is -0.494 e. The quantitative estimate of drug-likeness (QED) is 0.871. The van der Waals surface area contributed by atoms with Crippen LogP contribution in [0.3, 0.4) is 0 Å². The molecule has 1 N–H and O–H groups in total. The Morgan fingerprint density at radius 1 is 1.38 bits per heavy atom. The maximum Gasteiger partial charge on any atom is 0.317 e. The van der Waals surface area contributed by atoms with Crippen molar-refractivity contribution in [2.45, 2.75) is 30.9 Å². The van der Waals surface area contributed by atoms with E-state index in [1.165, 1.54) is 12.0 Å². The number of nitrogens with zero attached hydrogens (tertiary/aromatic N) is 3. The number of carbonyl (C=O) groups excluding carboxylic acids is 2. The topological polar surface area (TPSA) is 84.0 Å². The maximum atomic E-state index is 12.8. The number of rotatable bonds is 3. The van der Waals surface area contributed by atoms with Crippen molar-refractivity contribution in [1.29, 1.82) is 0 Å². The third-order valence-corrected chi connectivity index (χ3v) is 5.14. The van der Waals surface area contributed by atoms with E-state index < -0.39 is 0 Å². The maximum absolute atomic E-state index is 12.8. The average molecular weight is 362 g/mol. The number of urea groups is 1. The Labute approximate surface area is 153 Å². The molecule has 2 aliphatic rings. The highest BCUT2D eigenvalue weighted by atomic mass is 16.5. The number of piperidine rings is 1. The van der Waals surface area contributed by atoms with Crippen LogP contribution in [0.25, 0.3) is 0 Å². The number of methoxy groups -OCH3 is 1. The fraction of sp³-hybridized carbons (Fsp3) is 0.611. The zero-order chi connectivity index (χ0) is 18.7. The van der Waals surface area contributed by atoms with Crippen LogP contribution < -0.4 is 10.1 Å². The van der Waals surface area contributed by atoms with Gasteiger partial charge in [0.25, 0.3) is 5.91 Å². The minimum absolute atomic E-state index is 0.0208. The highest BCUT2D eigenvalue weighted by Crippen LogP contribution is 2.36. The van der Waals surface area contributed by atoms with Crippen LogP contribution in [0.2, 0.25) is 0 Å². The lowest BCUT2D eigenvalue weighted by molar-refractivity contribution is -0.0389. The second-order valence-corrected chi connectivity index (χ2v) is 7.11. The second-order valence-electron chi connectivity index (χ2n) is 7.11. The Balaban J connectivity index is 1.58. The van der Waals surface area contributed by atoms with E-state index in [9.17, 15) is 9.59 Å². The molecule has 2 fully saturated rings. The van der Waals surface area contributed by atoms with Crippen molar-refractivity contribution in [3.8, 4) is 5.75 Å². The Morgan fingerprint density at radius 3 is 2.77 bits per heavy atom. The number of pyridine rings is 1. The van der Waals surface area contributed by atoms with Crippen molar-refractivity contribution in [2.24, 2.45) is 0 Å². The standard InChI is InChI=1S/C18H26N4O4/c1-21(2)17(24)20-13-10-18(26-12-13)5-8-22(9-6-18)16(23)14-4-7-19-11-15(14)25-3/h4,7,11,13H,5-6,8-10,12H2,1-3H3,(H,20,24). The van der Waals surface area contributed by atoms with E-state index in [4.69, 9.17) is 9.47 Å². The van der Waals surface area contributed by atoms with E-state index in [1.807, 2.05) is 4.90 Å². The van der Waals surface area contributed by atoms with Gasteiger partial charge in [0.05, 0.1) is 37.1 Å². The molecule has 0 saturated carbocycles. The monoisotopic (exact) mass is 362 g/mol. The van der Waals surface area contributed by atoms with Gasteiger partial charge in [0.15, 0.2) is 0 Å². The van der Waals surface area contributed by atoms with E-state index in [0.717, 1.165) is 19.3 Å². The molecule has 8 heteroatoms. The molecule has 26 heavy (non-hydrogen) atoms. The smallest absolute Gasteiger partial charge is 0.317 e. The SMILES string of the molecule is COc1cnccc1C(=O)N1CCC2(CC1)CC(NC(=O)N(C)C)CO2. The van der Waals surface area contributed by atoms with Crippen LogP contribution in [-0.2, 0) is 4.74 Å². The van der Waals surface area contributed by atoms with Gasteiger partial charge in [0.1, 0.15) is 5.75 Å². The molecule has 142 valence electrons. The predicted molar refractivity (Wildman–Crippen MR) is 95.2 cm³/mol. The van der Waals surface area contributed by atoms with Gasteiger partial charge in [-0.3, -0.25) is 9.78 Å². The first-order valence-corrected chi connectivity index (χ1v) is 8.83. The van der Waals surface area contributed by atoms with Gasteiger partial charge in [-0.25, -0.2) is 4.79 Å². The summed E-state index contributed by atoms with van der Waals surface area (Å²) in [5, 5.41) is 2.98. The van der Waals surface area contributed by atoms with Gasteiger partial charge in [-0.1, -0.05) is 0 Å². The molecule has 1 aromatic rings. The molecule has 3 heterocycles. The predicted octanol–water partition coefficient (Wildman–Crippen LogP) is 1.13. The Hall–Kier alpha value is -2.35. The molecule has 0 aromatic carbocycles. The number of ether oxygens (including phenoxy) is 2. The number of hydrogen-bond donors (Lipinski definition) is 1. The fourth-order valence-electron chi connectivity index (χ4n) is 3.60. The second kappa shape index (κ2) is 7.49. The van der Waals surface area contributed by atoms with Crippen LogP contribution in [0.15, 0.2) is 18.5 Å². The lowest BCUT2D eigenvalue weighted by atomic mass is 9.87. The van der Waals surface area contributed by atoms with Crippen LogP contribution in [0.4, 0.5) is 4.79 Å². The molecule has 1 atom stereocenters. The molecule has 0 bridgehead atoms. The number of carbonyl (C=O) groups is 2. The van der Waals surface area contributed by atoms with Gasteiger partial charge in [-0.15, -0.1) is 0 Å². The van der Waals surface area contributed by atoms with Crippen molar-refractivity contribution in [1.82, 2.24) is 20.1 Å². The number of nitrogens with one attached hydrogen (secondary N) is 1. The Morgan fingerprint density at radius 2 is 2.12 bits per heavy atom. The van der Waals surface area contributed by atoms with Gasteiger partial charge < -0.3 is 24.6 Å². The first-order chi connectivity index (χ1) is 12.4. The molecule has 1 unspecified atom stereocenters. The zero-order valence-corrected chi connectivity index (χ0v) is 15.5. The van der Waals surface area contributed by atoms with Crippen molar-refractivity contribution in [3.05, 3.63) is 24.0 Å². The fourth-order valence-corrected chi connectivity index (χ4v) is 3.60. The zero-order valence-electron chi connectivity index (χ0n) is 15.5. The summed E-state index contributed by atoms with van der Waals surface area (Å²) in [6.45, 7) is 1.77. The number of amides is 3. The van der Waals surface area contributed by atoms with Crippen LogP contribution in [0.1, 0.15) is 29.6 Å². The van der Waals surface area contributed by atoms with Crippen molar-refractivity contribution in [2.75, 3.05) is 40.9 Å². The summed E-state index contributed by atoms with van der Waals surface area (Å²) in [5.41, 5.74) is 0.283. The lowest BCUT2D eigenvalue weighted by Crippen LogP contribution is -2.47. The van der Waals surface area contributed by atoms with Crippen LogP contribution in [-0.4, -0.2) is 79.3 Å². The summed E-state index contributed by atoms with van der Waals surface area (Å²) in [4.78, 5) is 31.9. The molecule has 2 saturated heterocycles. The molecular weight excluding hydrogens is 336 g/mol. The summed E-state index contributed by atoms with van der Waals surface area (Å²) in [7, 11) is 4.98. The molecular formula is C18H26N4O4. The number of hydrogen-bond acceptors (Lipinski definition) is 5. The van der Waals surface area contributed by atoms with Gasteiger partial charge in [-0.05, 0) is 25.3 Å². The largest absolute Gasteiger partial charge is 0.494 e. The highest BCUT2D eigenvalue weighted by molar-refractivity contribution is 5.96. The summed E-state index contributed by atoms with van der Waals surface area (Å²) in [5.74, 6) is 0.441. The van der Waals surface area contributed by atoms with E-state index in [1.54, 1.807) is 32.6 Å². The van der Waals surface area contributed by atoms with Gasteiger partial charge in [0, 0.05) is 33.4 Å². The van der Waals surface area contributed by atoms with E-state index in [2.05, 4.69) is 10.3 Å². The van der Waals surface area contributed by atoms with Gasteiger partial charge >= 0.3 is 6.03 Å². The molecule has 3 rings (SSSR count). The highest BCUT2D eigenvalue weighted by Gasteiger charge is 2.44. The van der Waals surface area contributed by atoms with Crippen molar-refractivity contribution in [3.63, 3.8) is 0 Å². The van der Waals surface area contributed by atoms with Crippen molar-refractivity contribution >= 4 is 11.9 Å². The number of aromatic nitrogens is 1. The van der Waals surface area contributed by atoms with E-state index in [0.29, 0.717) is 31.0 Å². The normalized spacial score (nSPS) is 21.5. The first-order valence-electron chi connectivity index (χ1n) is 8.83. The third kappa shape index (κ3) is 3.75. The first kappa shape index (κ1) is 18.4. The number of likely N-dealkylation sites (tertiary alicyclic amines) is 1. The molecule has 3 amide bonds. The van der Waals surface area contributed by atoms with E-state index >= 15 is 0 Å². The molecule has 8 nitrogen and oxygen atoms in total. The molecule has 0 aliphatic carbocycles. The summed E-state index contributed by atoms with van der Waals surface area (Å²) in [6.07, 6.45) is 5.46. The van der Waals surface area contributed by atoms with Gasteiger partial charge in [-0.2, -0.15) is 0 Å². The Kier molecular flexibility index (Phi) is 5.31. The van der Waals surface area contributed by atoms with Crippen LogP contribution in [0, 0.1) is 0 Å². The third-order valence-electron chi connectivity index (χ3n) is 5.14. The van der Waals surface area contributed by atoms with Gasteiger partial charge in [0.2, 0.25) is 0 Å². The summed E-state index contributed by atoms with van der Waals surface area (Å²) < 4.78 is 11.3. The average Bonchev–Trinajstić information content (AvgIpc) is 3.03. The van der Waals surface area contributed by atoms with Crippen molar-refractivity contribution < 1.29 is 19.1 Å². The van der Waals surface area contributed by atoms with E-state index in [-0.39, 0.29) is 23.6 Å².